The molecule has 3 aromatic rings. The molecule has 154 valence electrons. The fourth-order valence-corrected chi connectivity index (χ4v) is 3.37. The Morgan fingerprint density at radius 2 is 1.73 bits per heavy atom. The molecule has 0 bridgehead atoms. The molecule has 0 fully saturated rings. The molecule has 4 heteroatoms. The number of aryl methyl sites for hydroxylation is 2. The van der Waals surface area contributed by atoms with Crippen LogP contribution in [0.15, 0.2) is 71.9 Å². The van der Waals surface area contributed by atoms with Gasteiger partial charge in [0.2, 0.25) is 0 Å². The summed E-state index contributed by atoms with van der Waals surface area (Å²) in [6.45, 7) is 3.61. The van der Waals surface area contributed by atoms with Crippen LogP contribution in [0.25, 0.3) is 11.1 Å². The van der Waals surface area contributed by atoms with Crippen LogP contribution in [-0.2, 0) is 11.2 Å². The minimum Gasteiger partial charge on any atom is -0.293 e. The summed E-state index contributed by atoms with van der Waals surface area (Å²) in [6, 6.07) is 18.9. The van der Waals surface area contributed by atoms with E-state index in [-0.39, 0.29) is 11.6 Å². The van der Waals surface area contributed by atoms with Crippen molar-refractivity contribution in [2.45, 2.75) is 46.0 Å². The van der Waals surface area contributed by atoms with Gasteiger partial charge in [-0.15, -0.1) is 0 Å². The number of Topliss-reactive ketones (excluding diaryl/α,β-unsaturated/α-hetero) is 1. The number of hydrogen-bond acceptors (Lipinski definition) is 3. The molecule has 0 spiro atoms. The first kappa shape index (κ1) is 21.6. The van der Waals surface area contributed by atoms with E-state index in [0.717, 1.165) is 31.2 Å². The van der Waals surface area contributed by atoms with E-state index in [2.05, 4.69) is 34.2 Å². The zero-order valence-corrected chi connectivity index (χ0v) is 17.6. The van der Waals surface area contributed by atoms with Gasteiger partial charge in [-0.1, -0.05) is 55.0 Å². The lowest BCUT2D eigenvalue weighted by Crippen LogP contribution is -2.09. The van der Waals surface area contributed by atoms with Crippen LogP contribution in [0.2, 0.25) is 0 Å². The highest BCUT2D eigenvalue weighted by Gasteiger charge is 2.10. The molecule has 3 rings (SSSR count). The van der Waals surface area contributed by atoms with Gasteiger partial charge in [0.15, 0.2) is 11.6 Å². The second-order valence-corrected chi connectivity index (χ2v) is 7.51. The van der Waals surface area contributed by atoms with Gasteiger partial charge in [-0.3, -0.25) is 4.79 Å². The minimum absolute atomic E-state index is 0.0501. The van der Waals surface area contributed by atoms with Crippen molar-refractivity contribution in [3.8, 4) is 11.1 Å². The molecule has 0 aliphatic carbocycles. The van der Waals surface area contributed by atoms with Crippen molar-refractivity contribution in [3.05, 3.63) is 83.8 Å². The van der Waals surface area contributed by atoms with Gasteiger partial charge in [0.05, 0.1) is 5.71 Å². The van der Waals surface area contributed by atoms with Crippen LogP contribution >= 0.6 is 0 Å². The highest BCUT2D eigenvalue weighted by Crippen LogP contribution is 2.26. The van der Waals surface area contributed by atoms with E-state index in [1.807, 2.05) is 19.1 Å². The Bertz CT molecular complexity index is 1030. The number of unbranched alkanes of at least 4 members (excludes halogenated alkanes) is 2. The third-order valence-corrected chi connectivity index (χ3v) is 5.12. The molecule has 0 saturated carbocycles. The van der Waals surface area contributed by atoms with Crippen molar-refractivity contribution >= 4 is 17.3 Å². The van der Waals surface area contributed by atoms with Crippen LogP contribution in [0, 0.1) is 12.7 Å². The number of carbonyl (C=O) groups excluding carboxylic acids is 1. The third kappa shape index (κ3) is 5.93. The number of nitrogens with zero attached hydrogens (tertiary/aromatic N) is 2. The van der Waals surface area contributed by atoms with Crippen molar-refractivity contribution in [3.63, 3.8) is 0 Å². The lowest BCUT2D eigenvalue weighted by molar-refractivity contribution is -0.113. The first-order valence-corrected chi connectivity index (χ1v) is 10.4. The summed E-state index contributed by atoms with van der Waals surface area (Å²) in [7, 11) is 0. The van der Waals surface area contributed by atoms with Crippen LogP contribution in [0.4, 0.5) is 10.2 Å². The summed E-state index contributed by atoms with van der Waals surface area (Å²) in [5.74, 6) is 0.271. The summed E-state index contributed by atoms with van der Waals surface area (Å²) in [5, 5.41) is 0. The number of benzene rings is 2. The number of aliphatic imine (C=N–C) groups is 1. The van der Waals surface area contributed by atoms with Crippen LogP contribution in [0.1, 0.15) is 43.7 Å². The zero-order chi connectivity index (χ0) is 21.3. The lowest BCUT2D eigenvalue weighted by Gasteiger charge is -2.07. The van der Waals surface area contributed by atoms with E-state index in [9.17, 15) is 9.18 Å². The van der Waals surface area contributed by atoms with Gasteiger partial charge in [0.25, 0.3) is 0 Å². The molecule has 0 amide bonds. The number of halogens is 1. The van der Waals surface area contributed by atoms with Gasteiger partial charge in [0.1, 0.15) is 5.82 Å². The Morgan fingerprint density at radius 1 is 1.00 bits per heavy atom. The molecule has 2 aromatic carbocycles. The topological polar surface area (TPSA) is 42.3 Å². The lowest BCUT2D eigenvalue weighted by atomic mass is 10.0. The molecule has 0 saturated heterocycles. The van der Waals surface area contributed by atoms with Crippen LogP contribution < -0.4 is 0 Å². The van der Waals surface area contributed by atoms with E-state index >= 15 is 0 Å². The smallest absolute Gasteiger partial charge is 0.176 e. The van der Waals surface area contributed by atoms with Crippen LogP contribution in [-0.4, -0.2) is 16.5 Å². The summed E-state index contributed by atoms with van der Waals surface area (Å²) in [5.41, 5.74) is 3.82. The van der Waals surface area contributed by atoms with E-state index in [0.29, 0.717) is 29.1 Å². The molecular formula is C26H27FN2O. The second kappa shape index (κ2) is 10.6. The van der Waals surface area contributed by atoms with Gasteiger partial charge >= 0.3 is 0 Å². The highest BCUT2D eigenvalue weighted by molar-refractivity contribution is 6.39. The van der Waals surface area contributed by atoms with E-state index in [4.69, 9.17) is 0 Å². The normalized spacial score (nSPS) is 11.5. The largest absolute Gasteiger partial charge is 0.293 e. The molecule has 3 nitrogen and oxygen atoms in total. The number of carbonyl (C=O) groups is 1. The van der Waals surface area contributed by atoms with Crippen LogP contribution in [0.5, 0.6) is 0 Å². The maximum absolute atomic E-state index is 14.0. The first-order valence-electron chi connectivity index (χ1n) is 10.4. The maximum Gasteiger partial charge on any atom is 0.176 e. The Kier molecular flexibility index (Phi) is 7.61. The molecule has 0 atom stereocenters. The third-order valence-electron chi connectivity index (χ3n) is 5.12. The van der Waals surface area contributed by atoms with Gasteiger partial charge in [-0.25, -0.2) is 14.4 Å². The van der Waals surface area contributed by atoms with Crippen molar-refractivity contribution in [2.75, 3.05) is 0 Å². The average Bonchev–Trinajstić information content (AvgIpc) is 2.76. The predicted molar refractivity (Wildman–Crippen MR) is 121 cm³/mol. The summed E-state index contributed by atoms with van der Waals surface area (Å²) in [6.07, 6.45) is 6.09. The van der Waals surface area contributed by atoms with E-state index in [1.165, 1.54) is 11.6 Å². The summed E-state index contributed by atoms with van der Waals surface area (Å²) >= 11 is 0. The standard InChI is InChI=1S/C26H27FN2O/c1-19-17-22(23-14-9-10-15-24(23)27)18-28-26(19)29-20(2)25(30)16-8-4-7-13-21-11-5-3-6-12-21/h3,5-6,9-12,14-15,17-18H,4,7-8,13,16H2,1-2H3. The fraction of sp³-hybridized carbons (Fsp3) is 0.269. The molecule has 0 unspecified atom stereocenters. The number of aromatic nitrogens is 1. The van der Waals surface area contributed by atoms with Crippen molar-refractivity contribution in [1.82, 2.24) is 4.98 Å². The Labute approximate surface area is 177 Å². The van der Waals surface area contributed by atoms with Gasteiger partial charge in [-0.2, -0.15) is 0 Å². The quantitative estimate of drug-likeness (QED) is 0.297. The Hall–Kier alpha value is -3.14. The number of pyridine rings is 1. The predicted octanol–water partition coefficient (Wildman–Crippen LogP) is 6.66. The van der Waals surface area contributed by atoms with Gasteiger partial charge in [-0.05, 0) is 56.4 Å². The van der Waals surface area contributed by atoms with Crippen molar-refractivity contribution in [1.29, 1.82) is 0 Å². The van der Waals surface area contributed by atoms with Crippen molar-refractivity contribution in [2.24, 2.45) is 4.99 Å². The van der Waals surface area contributed by atoms with Crippen LogP contribution in [0.3, 0.4) is 0 Å². The summed E-state index contributed by atoms with van der Waals surface area (Å²) < 4.78 is 14.0. The molecule has 0 radical (unpaired) electrons. The molecule has 30 heavy (non-hydrogen) atoms. The average molecular weight is 403 g/mol. The number of hydrogen-bond donors (Lipinski definition) is 0. The Balaban J connectivity index is 1.54. The number of rotatable bonds is 9. The molecule has 0 N–H and O–H groups in total. The second-order valence-electron chi connectivity index (χ2n) is 7.51. The van der Waals surface area contributed by atoms with E-state index < -0.39 is 0 Å². The first-order chi connectivity index (χ1) is 14.5. The molecular weight excluding hydrogens is 375 g/mol. The van der Waals surface area contributed by atoms with Crippen molar-refractivity contribution < 1.29 is 9.18 Å². The summed E-state index contributed by atoms with van der Waals surface area (Å²) in [4.78, 5) is 21.2. The maximum atomic E-state index is 14.0. The molecule has 0 aliphatic heterocycles. The van der Waals surface area contributed by atoms with Gasteiger partial charge < -0.3 is 0 Å². The highest BCUT2D eigenvalue weighted by atomic mass is 19.1. The fourth-order valence-electron chi connectivity index (χ4n) is 3.37. The molecule has 1 aromatic heterocycles. The van der Waals surface area contributed by atoms with Gasteiger partial charge in [0, 0.05) is 23.7 Å². The SMILES string of the molecule is CC(=Nc1ncc(-c2ccccc2F)cc1C)C(=O)CCCCCc1ccccc1. The molecule has 1 heterocycles. The minimum atomic E-state index is -0.284. The number of ketones is 1. The zero-order valence-electron chi connectivity index (χ0n) is 17.6. The van der Waals surface area contributed by atoms with E-state index in [1.54, 1.807) is 31.3 Å². The monoisotopic (exact) mass is 402 g/mol. The Morgan fingerprint density at radius 3 is 2.47 bits per heavy atom. The molecule has 0 aliphatic rings.